The predicted octanol–water partition coefficient (Wildman–Crippen LogP) is 22.7. The van der Waals surface area contributed by atoms with Gasteiger partial charge in [0.15, 0.2) is 6.61 Å². The Bertz CT molecular complexity index is 6190. The normalized spacial score (nSPS) is 15.3. The van der Waals surface area contributed by atoms with E-state index in [-0.39, 0.29) is 61.8 Å². The molecule has 4 aliphatic heterocycles. The zero-order chi connectivity index (χ0) is 95.4. The van der Waals surface area contributed by atoms with Crippen molar-refractivity contribution < 1.29 is 66.5 Å². The molecule has 4 N–H and O–H groups in total. The molecule has 136 heavy (non-hydrogen) atoms. The summed E-state index contributed by atoms with van der Waals surface area (Å²) in [6.45, 7) is 19.5. The summed E-state index contributed by atoms with van der Waals surface area (Å²) in [6.07, 6.45) is 10.4. The predicted molar refractivity (Wildman–Crippen MR) is 535 cm³/mol. The lowest BCUT2D eigenvalue weighted by atomic mass is 9.92. The molecule has 32 heteroatoms. The maximum absolute atomic E-state index is 13.0. The van der Waals surface area contributed by atoms with E-state index in [9.17, 15) is 19.2 Å². The number of aromatic amines is 4. The third kappa shape index (κ3) is 25.2. The molecule has 0 radical (unpaired) electrons. The Morgan fingerprint density at radius 2 is 0.787 bits per heavy atom. The fourth-order valence-electron chi connectivity index (χ4n) is 17.7. The van der Waals surface area contributed by atoms with Gasteiger partial charge in [-0.3, -0.25) is 29.2 Å². The molecule has 0 spiro atoms. The van der Waals surface area contributed by atoms with E-state index in [1.54, 1.807) is 52.9 Å². The minimum absolute atomic E-state index is 0.0705. The Labute approximate surface area is 822 Å². The summed E-state index contributed by atoms with van der Waals surface area (Å²) in [5.74, 6) is 9.79. The summed E-state index contributed by atoms with van der Waals surface area (Å²) in [6, 6.07) is 53.7. The number of nitrogens with one attached hydrogen (secondary N) is 4. The summed E-state index contributed by atoms with van der Waals surface area (Å²) >= 11 is 36.5. The number of aryl methyl sites for hydroxylation is 1. The quantitative estimate of drug-likeness (QED) is 0.00959. The number of hydrogen-bond acceptors (Lipinski definition) is 17. The molecule has 0 aliphatic carbocycles. The number of nitrogens with zero attached hydrogens (tertiary/aromatic N) is 8. The summed E-state index contributed by atoms with van der Waals surface area (Å²) < 4.78 is 57.3. The Hall–Kier alpha value is -11.7. The number of carbonyl (C=O) groups is 4. The number of ether oxygens (including phenoxy) is 10. The van der Waals surface area contributed by atoms with Gasteiger partial charge in [0.2, 0.25) is 0 Å². The maximum Gasteiger partial charge on any atom is 0.411 e. The molecule has 4 unspecified atom stereocenters. The second-order valence-corrected chi connectivity index (χ2v) is 35.3. The highest BCUT2D eigenvalue weighted by molar-refractivity contribution is 6.32. The molecule has 0 fully saturated rings. The minimum Gasteiger partial charge on any atom is -0.494 e. The highest BCUT2D eigenvalue weighted by Crippen LogP contribution is 2.46. The van der Waals surface area contributed by atoms with Gasteiger partial charge in [-0.1, -0.05) is 120 Å². The first-order valence-electron chi connectivity index (χ1n) is 45.9. The van der Waals surface area contributed by atoms with E-state index in [1.807, 2.05) is 189 Å². The van der Waals surface area contributed by atoms with Crippen molar-refractivity contribution in [2.24, 2.45) is 0 Å². The van der Waals surface area contributed by atoms with Gasteiger partial charge in [0, 0.05) is 171 Å². The number of benzene rings is 8. The Morgan fingerprint density at radius 1 is 0.441 bits per heavy atom. The van der Waals surface area contributed by atoms with E-state index in [2.05, 4.69) is 53.3 Å². The SMILES string of the molecule is C=CCOC(=O)N1CCc2c([nH]c3ccc(Cl)cc23)C1c1ccc(OCCCCl)cc1.CC#CCOC(=O)N1CCc2c([nH]c3ccc(Cl)cc23)C1c1ccc(OCCCCl)cc1.CCCOC(=O)N1CCc2c([nH]c3ccc(Cl)cc23)C1c1ccc(OCCCn2cncn2)cc1.CCOC(=O)N1CCc2c([nH]c3ccc(Cl)cc23)C1c1ccc(OCCCN(CCOC)CCOC)cc1. The zero-order valence-electron chi connectivity index (χ0n) is 77.0. The van der Waals surface area contributed by atoms with Crippen LogP contribution in [0.2, 0.25) is 20.1 Å². The first kappa shape index (κ1) is 100. The maximum atomic E-state index is 13.0. The van der Waals surface area contributed by atoms with E-state index < -0.39 is 0 Å². The van der Waals surface area contributed by atoms with Gasteiger partial charge in [-0.15, -0.1) is 29.1 Å². The van der Waals surface area contributed by atoms with Crippen LogP contribution in [0, 0.1) is 11.8 Å². The van der Waals surface area contributed by atoms with Crippen LogP contribution in [0.4, 0.5) is 19.2 Å². The molecular weight excluding hydrogens is 1850 g/mol. The number of H-pyrrole nitrogens is 4. The number of rotatable bonds is 34. The molecule has 9 heterocycles. The van der Waals surface area contributed by atoms with Crippen molar-refractivity contribution in [1.29, 1.82) is 0 Å². The number of halogens is 6. The van der Waals surface area contributed by atoms with Gasteiger partial charge in [-0.2, -0.15) is 5.10 Å². The fraction of sp³-hybridized carbons (Fsp3) is 0.365. The van der Waals surface area contributed by atoms with Gasteiger partial charge >= 0.3 is 24.4 Å². The van der Waals surface area contributed by atoms with Crippen LogP contribution >= 0.6 is 69.6 Å². The van der Waals surface area contributed by atoms with Gasteiger partial charge in [0.05, 0.1) is 52.9 Å². The summed E-state index contributed by atoms with van der Waals surface area (Å²) in [5, 5.41) is 11.3. The molecule has 8 aromatic carbocycles. The molecule has 716 valence electrons. The topological polar surface area (TPSA) is 271 Å². The summed E-state index contributed by atoms with van der Waals surface area (Å²) in [4.78, 5) is 79.2. The van der Waals surface area contributed by atoms with Crippen molar-refractivity contribution in [3.63, 3.8) is 0 Å². The third-order valence-electron chi connectivity index (χ3n) is 24.0. The molecule has 26 nitrogen and oxygen atoms in total. The molecule has 0 bridgehead atoms. The zero-order valence-corrected chi connectivity index (χ0v) is 81.5. The van der Waals surface area contributed by atoms with Gasteiger partial charge in [0.25, 0.3) is 0 Å². The van der Waals surface area contributed by atoms with Crippen LogP contribution in [0.5, 0.6) is 23.0 Å². The Balaban J connectivity index is 0.000000146. The molecule has 4 atom stereocenters. The van der Waals surface area contributed by atoms with Crippen molar-refractivity contribution in [3.8, 4) is 34.8 Å². The highest BCUT2D eigenvalue weighted by Gasteiger charge is 2.41. The van der Waals surface area contributed by atoms with Crippen LogP contribution in [0.3, 0.4) is 0 Å². The molecule has 13 aromatic rings. The molecule has 5 aromatic heterocycles. The van der Waals surface area contributed by atoms with E-state index in [1.165, 1.54) is 28.6 Å². The second-order valence-electron chi connectivity index (χ2n) is 32.8. The number of hydrogen-bond donors (Lipinski definition) is 4. The average molecular weight is 1970 g/mol. The van der Waals surface area contributed by atoms with E-state index >= 15 is 0 Å². The number of fused-ring (bicyclic) bond motifs is 12. The summed E-state index contributed by atoms with van der Waals surface area (Å²) in [5.41, 5.74) is 16.7. The highest BCUT2D eigenvalue weighted by atomic mass is 35.5. The number of aromatic nitrogens is 7. The van der Waals surface area contributed by atoms with E-state index in [0.717, 1.165) is 189 Å². The lowest BCUT2D eigenvalue weighted by Crippen LogP contribution is -2.41. The van der Waals surface area contributed by atoms with Crippen LogP contribution in [0.1, 0.15) is 144 Å². The largest absolute Gasteiger partial charge is 0.494 e. The van der Waals surface area contributed by atoms with Crippen LogP contribution in [-0.4, -0.2) is 221 Å². The fourth-order valence-corrected chi connectivity index (χ4v) is 18.6. The third-order valence-corrected chi connectivity index (χ3v) is 25.5. The molecule has 4 aliphatic rings. The van der Waals surface area contributed by atoms with Crippen molar-refractivity contribution in [2.75, 3.05) is 138 Å². The Morgan fingerprint density at radius 3 is 1.11 bits per heavy atom. The average Bonchev–Trinajstić information content (AvgIpc) is 1.58. The van der Waals surface area contributed by atoms with Crippen LogP contribution < -0.4 is 18.9 Å². The lowest BCUT2D eigenvalue weighted by Gasteiger charge is -2.35. The van der Waals surface area contributed by atoms with Crippen LogP contribution in [0.25, 0.3) is 43.6 Å². The van der Waals surface area contributed by atoms with Crippen molar-refractivity contribution in [2.45, 2.75) is 109 Å². The molecule has 4 amide bonds. The Kier molecular flexibility index (Phi) is 36.7. The standard InChI is InChI=1S/C29H38ClN3O5.C26H28ClN5O3.C25H24Cl2N2O3.C24H24Cl2N2O3/c1-4-37-29(34)33-14-12-24-25-20-22(30)8-11-26(25)31-27(24)28(33)21-6-9-23(10-7-21)38-17-5-13-32(15-18-35-2)16-19-36-3;1-2-13-35-26(33)32-12-10-21-22-15-19(27)6-9-23(22)30-24(21)25(32)18-4-7-20(8-5-18)34-14-3-11-31-17-28-16-29-31;1-2-3-14-32-25(30)29-13-11-20-21-16-18(27)7-10-22(21)28-23(20)24(29)17-5-8-19(9-6-17)31-15-4-12-26;1-2-13-31-24(29)28-12-10-19-20-15-17(26)6-9-21(20)27-22(19)23(28)16-4-7-18(8-5-16)30-14-3-11-25/h6-11,20,28,31H,4-5,12-19H2,1-3H3;4-9,15-17,25,30H,2-3,10-14H2,1H3;5-10,16,24,28H,4,11-15H2,1H3;2,4-9,15,23,27H,1,3,10-14H2. The van der Waals surface area contributed by atoms with Gasteiger partial charge in [0.1, 0.15) is 66.4 Å². The second kappa shape index (κ2) is 49.8. The van der Waals surface area contributed by atoms with E-state index in [0.29, 0.717) is 117 Å². The number of methoxy groups -OCH3 is 2. The monoisotopic (exact) mass is 1960 g/mol. The van der Waals surface area contributed by atoms with E-state index in [4.69, 9.17) is 117 Å². The van der Waals surface area contributed by atoms with Crippen molar-refractivity contribution in [3.05, 3.63) is 283 Å². The molecule has 0 saturated carbocycles. The minimum atomic E-state index is -0.387. The number of alkyl halides is 2. The summed E-state index contributed by atoms with van der Waals surface area (Å²) in [7, 11) is 3.43. The van der Waals surface area contributed by atoms with Gasteiger partial charge in [-0.05, 0) is 231 Å². The van der Waals surface area contributed by atoms with Gasteiger partial charge in [-0.25, -0.2) is 24.2 Å². The lowest BCUT2D eigenvalue weighted by molar-refractivity contribution is 0.0887. The number of carbonyl (C=O) groups excluding carboxylic acids is 4. The van der Waals surface area contributed by atoms with Crippen LogP contribution in [0.15, 0.2) is 195 Å². The van der Waals surface area contributed by atoms with Gasteiger partial charge < -0.3 is 67.3 Å². The first-order valence-corrected chi connectivity index (χ1v) is 48.5. The first-order chi connectivity index (χ1) is 66.4. The van der Waals surface area contributed by atoms with Crippen molar-refractivity contribution in [1.82, 2.24) is 59.2 Å². The molecule has 17 rings (SSSR count). The van der Waals surface area contributed by atoms with Crippen molar-refractivity contribution >= 4 is 138 Å². The number of amides is 4. The molecule has 0 saturated heterocycles. The molecular formula is C104H114Cl6N12O14. The smallest absolute Gasteiger partial charge is 0.411 e. The van der Waals surface area contributed by atoms with Crippen LogP contribution in [-0.2, 0) is 60.6 Å².